The molecule has 1 saturated heterocycles. The lowest BCUT2D eigenvalue weighted by Gasteiger charge is -2.21. The molecule has 1 fully saturated rings. The zero-order valence-corrected chi connectivity index (χ0v) is 12.4. The van der Waals surface area contributed by atoms with E-state index in [9.17, 15) is 19.5 Å². The quantitative estimate of drug-likeness (QED) is 0.684. The van der Waals surface area contributed by atoms with E-state index in [4.69, 9.17) is 9.52 Å². The SMILES string of the molecule is O=C(NCC(=O)N1C[C@@H](O)C[C@H]1C(=O)O)c1ccc(Br)o1. The van der Waals surface area contributed by atoms with Crippen LogP contribution in [0.3, 0.4) is 0 Å². The summed E-state index contributed by atoms with van der Waals surface area (Å²) in [6, 6.07) is 1.90. The Bertz CT molecular complexity index is 572. The summed E-state index contributed by atoms with van der Waals surface area (Å²) in [4.78, 5) is 35.7. The standard InChI is InChI=1S/C12H13BrN2O6/c13-9-2-1-8(21-9)11(18)14-4-10(17)15-5-6(16)3-7(15)12(19)20/h1-2,6-7,16H,3-5H2,(H,14,18)(H,19,20)/t6-,7-/m0/s1. The summed E-state index contributed by atoms with van der Waals surface area (Å²) in [5, 5.41) is 20.8. The maximum atomic E-state index is 11.9. The lowest BCUT2D eigenvalue weighted by molar-refractivity contribution is -0.147. The van der Waals surface area contributed by atoms with Gasteiger partial charge in [0, 0.05) is 13.0 Å². The average molecular weight is 361 g/mol. The molecule has 2 rings (SSSR count). The normalized spacial score (nSPS) is 21.3. The Morgan fingerprint density at radius 2 is 2.14 bits per heavy atom. The van der Waals surface area contributed by atoms with Crippen molar-refractivity contribution in [3.8, 4) is 0 Å². The highest BCUT2D eigenvalue weighted by Gasteiger charge is 2.38. The predicted molar refractivity (Wildman–Crippen MR) is 72.5 cm³/mol. The summed E-state index contributed by atoms with van der Waals surface area (Å²) in [6.45, 7) is -0.425. The molecule has 0 aliphatic carbocycles. The van der Waals surface area contributed by atoms with Crippen LogP contribution in [0.5, 0.6) is 0 Å². The number of carbonyl (C=O) groups is 3. The number of nitrogens with one attached hydrogen (secondary N) is 1. The van der Waals surface area contributed by atoms with Gasteiger partial charge in [0.1, 0.15) is 6.04 Å². The van der Waals surface area contributed by atoms with E-state index in [0.29, 0.717) is 4.67 Å². The summed E-state index contributed by atoms with van der Waals surface area (Å²) in [6.07, 6.45) is -0.882. The van der Waals surface area contributed by atoms with Crippen molar-refractivity contribution >= 4 is 33.7 Å². The van der Waals surface area contributed by atoms with E-state index in [0.717, 1.165) is 4.90 Å². The number of amides is 2. The fraction of sp³-hybridized carbons (Fsp3) is 0.417. The minimum Gasteiger partial charge on any atom is -0.480 e. The third-order valence-corrected chi connectivity index (χ3v) is 3.51. The number of aliphatic carboxylic acids is 1. The Morgan fingerprint density at radius 1 is 1.43 bits per heavy atom. The van der Waals surface area contributed by atoms with Gasteiger partial charge >= 0.3 is 5.97 Å². The molecule has 1 aliphatic rings. The number of halogens is 1. The number of furan rings is 1. The lowest BCUT2D eigenvalue weighted by Crippen LogP contribution is -2.45. The summed E-state index contributed by atoms with van der Waals surface area (Å²) in [7, 11) is 0. The second-order valence-electron chi connectivity index (χ2n) is 4.58. The molecule has 114 valence electrons. The summed E-state index contributed by atoms with van der Waals surface area (Å²) < 4.78 is 5.41. The number of nitrogens with zero attached hydrogens (tertiary/aromatic N) is 1. The molecule has 2 heterocycles. The van der Waals surface area contributed by atoms with Crippen LogP contribution in [-0.2, 0) is 9.59 Å². The van der Waals surface area contributed by atoms with Crippen LogP contribution in [0.4, 0.5) is 0 Å². The van der Waals surface area contributed by atoms with Gasteiger partial charge in [-0.2, -0.15) is 0 Å². The second-order valence-corrected chi connectivity index (χ2v) is 5.36. The summed E-state index contributed by atoms with van der Waals surface area (Å²) >= 11 is 3.05. The second kappa shape index (κ2) is 6.27. The molecule has 0 saturated carbocycles. The van der Waals surface area contributed by atoms with Crippen LogP contribution in [0.25, 0.3) is 0 Å². The number of carbonyl (C=O) groups excluding carboxylic acids is 2. The van der Waals surface area contributed by atoms with Gasteiger partial charge in [0.05, 0.1) is 12.6 Å². The molecule has 3 N–H and O–H groups in total. The van der Waals surface area contributed by atoms with Crippen molar-refractivity contribution in [1.82, 2.24) is 10.2 Å². The van der Waals surface area contributed by atoms with Crippen LogP contribution in [-0.4, -0.2) is 58.1 Å². The van der Waals surface area contributed by atoms with E-state index in [-0.39, 0.29) is 25.3 Å². The molecule has 2 amide bonds. The van der Waals surface area contributed by atoms with E-state index < -0.39 is 29.9 Å². The zero-order valence-electron chi connectivity index (χ0n) is 10.8. The number of aliphatic hydroxyl groups excluding tert-OH is 1. The van der Waals surface area contributed by atoms with Crippen LogP contribution >= 0.6 is 15.9 Å². The molecule has 9 heteroatoms. The smallest absolute Gasteiger partial charge is 0.326 e. The van der Waals surface area contributed by atoms with E-state index in [1.165, 1.54) is 12.1 Å². The first-order valence-electron chi connectivity index (χ1n) is 6.12. The summed E-state index contributed by atoms with van der Waals surface area (Å²) in [5.41, 5.74) is 0. The van der Waals surface area contributed by atoms with Gasteiger partial charge in [-0.25, -0.2) is 4.79 Å². The largest absolute Gasteiger partial charge is 0.480 e. The van der Waals surface area contributed by atoms with Crippen LogP contribution in [0.15, 0.2) is 21.2 Å². The van der Waals surface area contributed by atoms with Gasteiger partial charge in [0.2, 0.25) is 5.91 Å². The van der Waals surface area contributed by atoms with Crippen molar-refractivity contribution in [2.24, 2.45) is 0 Å². The Hall–Kier alpha value is -1.87. The molecule has 21 heavy (non-hydrogen) atoms. The first kappa shape index (κ1) is 15.5. The molecule has 0 spiro atoms. The zero-order chi connectivity index (χ0) is 15.6. The predicted octanol–water partition coefficient (Wildman–Crippen LogP) is -0.182. The van der Waals surface area contributed by atoms with Crippen LogP contribution in [0.1, 0.15) is 17.0 Å². The Morgan fingerprint density at radius 3 is 2.71 bits per heavy atom. The van der Waals surface area contributed by atoms with Crippen molar-refractivity contribution in [2.75, 3.05) is 13.1 Å². The number of likely N-dealkylation sites (tertiary alicyclic amines) is 1. The van der Waals surface area contributed by atoms with E-state index in [1.54, 1.807) is 0 Å². The number of carboxylic acid groups (broad SMARTS) is 1. The Kier molecular flexibility index (Phi) is 4.63. The minimum absolute atomic E-state index is 0.0137. The lowest BCUT2D eigenvalue weighted by atomic mass is 10.2. The fourth-order valence-corrected chi connectivity index (χ4v) is 2.41. The molecule has 8 nitrogen and oxygen atoms in total. The van der Waals surface area contributed by atoms with Gasteiger partial charge in [-0.3, -0.25) is 9.59 Å². The van der Waals surface area contributed by atoms with Crippen LogP contribution in [0, 0.1) is 0 Å². The van der Waals surface area contributed by atoms with E-state index in [1.807, 2.05) is 0 Å². The Labute approximate surface area is 127 Å². The molecule has 1 aliphatic heterocycles. The van der Waals surface area contributed by atoms with Crippen molar-refractivity contribution < 1.29 is 29.0 Å². The first-order chi connectivity index (χ1) is 9.88. The maximum Gasteiger partial charge on any atom is 0.326 e. The van der Waals surface area contributed by atoms with Crippen molar-refractivity contribution in [3.63, 3.8) is 0 Å². The van der Waals surface area contributed by atoms with Crippen molar-refractivity contribution in [2.45, 2.75) is 18.6 Å². The van der Waals surface area contributed by atoms with Gasteiger partial charge in [0.15, 0.2) is 10.4 Å². The molecule has 1 aromatic heterocycles. The molecule has 0 bridgehead atoms. The summed E-state index contributed by atoms with van der Waals surface area (Å²) in [5.74, 6) is -2.30. The number of β-amino-alcohol motifs (C(OH)–C–C–N with tert-alkyl or cyclic N) is 1. The molecule has 1 aromatic rings. The van der Waals surface area contributed by atoms with Gasteiger partial charge < -0.3 is 24.8 Å². The third-order valence-electron chi connectivity index (χ3n) is 3.08. The monoisotopic (exact) mass is 360 g/mol. The minimum atomic E-state index is -1.18. The highest BCUT2D eigenvalue weighted by molar-refractivity contribution is 9.10. The number of hydrogen-bond acceptors (Lipinski definition) is 5. The topological polar surface area (TPSA) is 120 Å². The molecular formula is C12H13BrN2O6. The average Bonchev–Trinajstić information content (AvgIpc) is 3.01. The number of carboxylic acids is 1. The fourth-order valence-electron chi connectivity index (χ4n) is 2.10. The van der Waals surface area contributed by atoms with E-state index >= 15 is 0 Å². The van der Waals surface area contributed by atoms with Crippen LogP contribution in [0.2, 0.25) is 0 Å². The third kappa shape index (κ3) is 3.61. The molecule has 0 unspecified atom stereocenters. The number of hydrogen-bond donors (Lipinski definition) is 3. The van der Waals surface area contributed by atoms with Crippen LogP contribution < -0.4 is 5.32 Å². The number of aliphatic hydroxyl groups is 1. The molecular weight excluding hydrogens is 348 g/mol. The van der Waals surface area contributed by atoms with Gasteiger partial charge in [0.25, 0.3) is 5.91 Å². The first-order valence-corrected chi connectivity index (χ1v) is 6.91. The van der Waals surface area contributed by atoms with Gasteiger partial charge in [-0.15, -0.1) is 0 Å². The number of rotatable bonds is 4. The van der Waals surface area contributed by atoms with Gasteiger partial charge in [-0.05, 0) is 28.1 Å². The molecule has 0 radical (unpaired) electrons. The highest BCUT2D eigenvalue weighted by Crippen LogP contribution is 2.18. The molecule has 0 aromatic carbocycles. The maximum absolute atomic E-state index is 11.9. The molecule has 2 atom stereocenters. The van der Waals surface area contributed by atoms with E-state index in [2.05, 4.69) is 21.2 Å². The van der Waals surface area contributed by atoms with Crippen molar-refractivity contribution in [1.29, 1.82) is 0 Å². The highest BCUT2D eigenvalue weighted by atomic mass is 79.9. The Balaban J connectivity index is 1.92. The van der Waals surface area contributed by atoms with Gasteiger partial charge in [-0.1, -0.05) is 0 Å². The van der Waals surface area contributed by atoms with Crippen molar-refractivity contribution in [3.05, 3.63) is 22.6 Å².